The number of piperidine rings is 1. The van der Waals surface area contributed by atoms with Gasteiger partial charge in [0.25, 0.3) is 0 Å². The van der Waals surface area contributed by atoms with E-state index in [-0.39, 0.29) is 0 Å². The van der Waals surface area contributed by atoms with E-state index in [0.717, 1.165) is 5.75 Å². The topological polar surface area (TPSA) is 12.5 Å². The Morgan fingerprint density at radius 1 is 1.39 bits per heavy atom. The molecule has 1 aliphatic carbocycles. The molecule has 0 unspecified atom stereocenters. The Bertz CT molecular complexity index is 503. The first-order chi connectivity index (χ1) is 8.71. The van der Waals surface area contributed by atoms with Gasteiger partial charge in [-0.25, -0.2) is 0 Å². The third-order valence-electron chi connectivity index (χ3n) is 5.23. The minimum absolute atomic E-state index is 0.300. The summed E-state index contributed by atoms with van der Waals surface area (Å²) in [5.74, 6) is 1.13. The normalized spacial score (nSPS) is 37.9. The summed E-state index contributed by atoms with van der Waals surface area (Å²) < 4.78 is 7.51. The molecule has 1 aromatic rings. The Hall–Kier alpha value is -0.540. The fourth-order valence-electron chi connectivity index (χ4n) is 4.29. The van der Waals surface area contributed by atoms with Crippen LogP contribution in [-0.4, -0.2) is 30.6 Å². The molecule has 0 aromatic heterocycles. The predicted molar refractivity (Wildman–Crippen MR) is 75.1 cm³/mol. The molecule has 2 nitrogen and oxygen atoms in total. The molecule has 0 amide bonds. The number of hydrogen-bond acceptors (Lipinski definition) is 2. The highest BCUT2D eigenvalue weighted by atomic mass is 79.9. The Morgan fingerprint density at radius 2 is 2.28 bits per heavy atom. The van der Waals surface area contributed by atoms with Crippen LogP contribution < -0.4 is 4.74 Å². The van der Waals surface area contributed by atoms with E-state index in [4.69, 9.17) is 4.74 Å². The summed E-state index contributed by atoms with van der Waals surface area (Å²) in [6.45, 7) is 1.20. The second-order valence-electron chi connectivity index (χ2n) is 6.03. The number of fused-ring (bicyclic) bond motifs is 1. The van der Waals surface area contributed by atoms with Crippen LogP contribution >= 0.6 is 15.9 Å². The lowest BCUT2D eigenvalue weighted by Crippen LogP contribution is -2.60. The molecule has 0 radical (unpaired) electrons. The molecular weight excluding hydrogens is 290 g/mol. The van der Waals surface area contributed by atoms with Gasteiger partial charge in [0.15, 0.2) is 0 Å². The van der Waals surface area contributed by atoms with E-state index >= 15 is 0 Å². The van der Waals surface area contributed by atoms with E-state index in [1.165, 1.54) is 42.3 Å². The molecule has 1 aromatic carbocycles. The van der Waals surface area contributed by atoms with Crippen LogP contribution in [0.2, 0.25) is 0 Å². The van der Waals surface area contributed by atoms with E-state index in [1.807, 2.05) is 0 Å². The summed E-state index contributed by atoms with van der Waals surface area (Å²) >= 11 is 3.61. The van der Waals surface area contributed by atoms with Crippen molar-refractivity contribution in [2.24, 2.45) is 0 Å². The van der Waals surface area contributed by atoms with E-state index in [0.29, 0.717) is 17.6 Å². The summed E-state index contributed by atoms with van der Waals surface area (Å²) in [6.07, 6.45) is 5.55. The SMILES string of the molecule is CN1CC[C@]23CCC[C@H]1[C@@H]2Oc1ccc(Br)cc13. The second-order valence-corrected chi connectivity index (χ2v) is 6.94. The van der Waals surface area contributed by atoms with Crippen LogP contribution in [0.5, 0.6) is 5.75 Å². The van der Waals surface area contributed by atoms with Crippen molar-refractivity contribution in [2.75, 3.05) is 13.6 Å². The molecule has 3 aliphatic rings. The van der Waals surface area contributed by atoms with Gasteiger partial charge in [-0.1, -0.05) is 22.4 Å². The predicted octanol–water partition coefficient (Wildman–Crippen LogP) is 3.34. The standard InChI is InChI=1S/C15H18BrNO/c1-17-8-7-15-6-2-3-12(17)14(15)18-13-5-4-10(16)9-11(13)15/h4-5,9,12,14H,2-3,6-8H2,1H3/t12-,14-,15-/m0/s1. The van der Waals surface area contributed by atoms with E-state index in [2.05, 4.69) is 46.1 Å². The highest BCUT2D eigenvalue weighted by Gasteiger charge is 2.57. The molecule has 2 fully saturated rings. The van der Waals surface area contributed by atoms with Gasteiger partial charge in [0.05, 0.1) is 0 Å². The zero-order valence-electron chi connectivity index (χ0n) is 10.7. The molecule has 0 spiro atoms. The molecule has 0 N–H and O–H groups in total. The van der Waals surface area contributed by atoms with Crippen molar-refractivity contribution in [1.29, 1.82) is 0 Å². The molecule has 2 heterocycles. The maximum Gasteiger partial charge on any atom is 0.124 e. The second kappa shape index (κ2) is 3.73. The summed E-state index contributed by atoms with van der Waals surface area (Å²) in [5.41, 5.74) is 1.76. The smallest absolute Gasteiger partial charge is 0.124 e. The molecule has 3 atom stereocenters. The van der Waals surface area contributed by atoms with Crippen LogP contribution in [0.4, 0.5) is 0 Å². The molecule has 1 saturated carbocycles. The number of likely N-dealkylation sites (tertiary alicyclic amines) is 1. The Labute approximate surface area is 116 Å². The average Bonchev–Trinajstić information content (AvgIpc) is 2.69. The molecule has 96 valence electrons. The maximum atomic E-state index is 6.33. The van der Waals surface area contributed by atoms with Gasteiger partial charge in [-0.05, 0) is 51.1 Å². The van der Waals surface area contributed by atoms with Crippen molar-refractivity contribution in [2.45, 2.75) is 43.2 Å². The van der Waals surface area contributed by atoms with Gasteiger partial charge >= 0.3 is 0 Å². The highest BCUT2D eigenvalue weighted by Crippen LogP contribution is 2.55. The monoisotopic (exact) mass is 307 g/mol. The average molecular weight is 308 g/mol. The molecule has 1 saturated heterocycles. The van der Waals surface area contributed by atoms with E-state index in [9.17, 15) is 0 Å². The quantitative estimate of drug-likeness (QED) is 0.729. The van der Waals surface area contributed by atoms with Crippen LogP contribution in [-0.2, 0) is 5.41 Å². The zero-order valence-corrected chi connectivity index (χ0v) is 12.2. The number of halogens is 1. The molecule has 4 rings (SSSR count). The first-order valence-electron chi connectivity index (χ1n) is 6.88. The number of nitrogens with zero attached hydrogens (tertiary/aromatic N) is 1. The van der Waals surface area contributed by atoms with Crippen LogP contribution in [0.25, 0.3) is 0 Å². The van der Waals surface area contributed by atoms with Crippen molar-refractivity contribution in [1.82, 2.24) is 4.90 Å². The fourth-order valence-corrected chi connectivity index (χ4v) is 4.65. The number of benzene rings is 1. The number of ether oxygens (including phenoxy) is 1. The number of hydrogen-bond donors (Lipinski definition) is 0. The van der Waals surface area contributed by atoms with Crippen LogP contribution in [0.3, 0.4) is 0 Å². The largest absolute Gasteiger partial charge is 0.488 e. The summed E-state index contributed by atoms with van der Waals surface area (Å²) in [5, 5.41) is 0. The van der Waals surface area contributed by atoms with Crippen LogP contribution in [0, 0.1) is 0 Å². The molecular formula is C15H18BrNO. The van der Waals surface area contributed by atoms with Gasteiger partial charge in [-0.15, -0.1) is 0 Å². The molecule has 2 aliphatic heterocycles. The molecule has 2 bridgehead atoms. The zero-order chi connectivity index (χ0) is 12.3. The first-order valence-corrected chi connectivity index (χ1v) is 7.67. The third kappa shape index (κ3) is 1.32. The van der Waals surface area contributed by atoms with Crippen LogP contribution in [0.1, 0.15) is 31.2 Å². The summed E-state index contributed by atoms with van der Waals surface area (Å²) in [6, 6.07) is 7.14. The van der Waals surface area contributed by atoms with Crippen LogP contribution in [0.15, 0.2) is 22.7 Å². The Kier molecular flexibility index (Phi) is 2.34. The van der Waals surface area contributed by atoms with Gasteiger partial charge < -0.3 is 4.74 Å². The minimum Gasteiger partial charge on any atom is -0.488 e. The van der Waals surface area contributed by atoms with E-state index in [1.54, 1.807) is 0 Å². The fraction of sp³-hybridized carbons (Fsp3) is 0.600. The summed E-state index contributed by atoms with van der Waals surface area (Å²) in [4.78, 5) is 2.50. The lowest BCUT2D eigenvalue weighted by atomic mass is 9.62. The van der Waals surface area contributed by atoms with Gasteiger partial charge in [0.1, 0.15) is 11.9 Å². The lowest BCUT2D eigenvalue weighted by molar-refractivity contribution is -0.0303. The first kappa shape index (κ1) is 11.3. The Morgan fingerprint density at radius 3 is 3.17 bits per heavy atom. The minimum atomic E-state index is 0.300. The number of likely N-dealkylation sites (N-methyl/N-ethyl adjacent to an activating group) is 1. The summed E-state index contributed by atoms with van der Waals surface area (Å²) in [7, 11) is 2.25. The third-order valence-corrected chi connectivity index (χ3v) is 5.72. The van der Waals surface area contributed by atoms with Crippen molar-refractivity contribution < 1.29 is 4.74 Å². The highest BCUT2D eigenvalue weighted by molar-refractivity contribution is 9.10. The maximum absolute atomic E-state index is 6.33. The van der Waals surface area contributed by atoms with Crippen molar-refractivity contribution in [3.05, 3.63) is 28.2 Å². The lowest BCUT2D eigenvalue weighted by Gasteiger charge is -2.51. The van der Waals surface area contributed by atoms with Gasteiger partial charge in [0.2, 0.25) is 0 Å². The van der Waals surface area contributed by atoms with Crippen molar-refractivity contribution >= 4 is 15.9 Å². The van der Waals surface area contributed by atoms with E-state index < -0.39 is 0 Å². The molecule has 3 heteroatoms. The van der Waals surface area contributed by atoms with Crippen molar-refractivity contribution in [3.63, 3.8) is 0 Å². The molecule has 18 heavy (non-hydrogen) atoms. The van der Waals surface area contributed by atoms with Gasteiger partial charge in [0, 0.05) is 21.5 Å². The Balaban J connectivity index is 1.87. The number of rotatable bonds is 0. The van der Waals surface area contributed by atoms with Gasteiger partial charge in [-0.3, -0.25) is 4.90 Å². The van der Waals surface area contributed by atoms with Crippen molar-refractivity contribution in [3.8, 4) is 5.75 Å². The van der Waals surface area contributed by atoms with Gasteiger partial charge in [-0.2, -0.15) is 0 Å².